The van der Waals surface area contributed by atoms with Gasteiger partial charge in [0.1, 0.15) is 0 Å². The second kappa shape index (κ2) is 6.42. The Balaban J connectivity index is 1.71. The number of likely N-dealkylation sites (tertiary alicyclic amines) is 1. The van der Waals surface area contributed by atoms with Gasteiger partial charge in [-0.2, -0.15) is 0 Å². The van der Waals surface area contributed by atoms with Gasteiger partial charge in [-0.1, -0.05) is 6.07 Å². The number of likely N-dealkylation sites (N-methyl/N-ethyl adjacent to an activating group) is 1. The second-order valence-electron chi connectivity index (χ2n) is 6.73. The van der Waals surface area contributed by atoms with Crippen molar-refractivity contribution in [2.45, 2.75) is 38.5 Å². The zero-order chi connectivity index (χ0) is 14.8. The summed E-state index contributed by atoms with van der Waals surface area (Å²) in [7, 11) is 4.35. The SMILES string of the molecule is Cc1cccc(CN2C[C@@H]3CCCO[C@@H]3[C@H](N(C)C)C2)n1. The van der Waals surface area contributed by atoms with E-state index in [1.54, 1.807) is 0 Å². The molecule has 2 aliphatic rings. The average Bonchev–Trinajstić information content (AvgIpc) is 2.46. The van der Waals surface area contributed by atoms with E-state index in [0.717, 1.165) is 31.9 Å². The first-order valence-corrected chi connectivity index (χ1v) is 8.06. The van der Waals surface area contributed by atoms with Crippen molar-refractivity contribution >= 4 is 0 Å². The number of aromatic nitrogens is 1. The molecule has 1 aromatic rings. The van der Waals surface area contributed by atoms with Crippen LogP contribution < -0.4 is 0 Å². The quantitative estimate of drug-likeness (QED) is 0.850. The highest BCUT2D eigenvalue weighted by Crippen LogP contribution is 2.30. The van der Waals surface area contributed by atoms with Crippen molar-refractivity contribution in [2.75, 3.05) is 33.8 Å². The molecule has 0 spiro atoms. The molecule has 0 bridgehead atoms. The minimum absolute atomic E-state index is 0.412. The molecule has 2 fully saturated rings. The van der Waals surface area contributed by atoms with Gasteiger partial charge in [0.25, 0.3) is 0 Å². The lowest BCUT2D eigenvalue weighted by molar-refractivity contribution is -0.108. The molecule has 0 saturated carbocycles. The molecule has 1 aromatic heterocycles. The molecule has 4 nitrogen and oxygen atoms in total. The van der Waals surface area contributed by atoms with Crippen LogP contribution in [0.25, 0.3) is 0 Å². The molecular weight excluding hydrogens is 262 g/mol. The first-order valence-electron chi connectivity index (χ1n) is 8.06. The molecule has 3 atom stereocenters. The minimum Gasteiger partial charge on any atom is -0.376 e. The first-order chi connectivity index (χ1) is 10.1. The van der Waals surface area contributed by atoms with Crippen LogP contribution in [0.15, 0.2) is 18.2 Å². The van der Waals surface area contributed by atoms with Crippen molar-refractivity contribution in [1.29, 1.82) is 0 Å². The summed E-state index contributed by atoms with van der Waals surface area (Å²) in [5, 5.41) is 0. The third-order valence-electron chi connectivity index (χ3n) is 4.81. The molecule has 2 saturated heterocycles. The molecule has 0 aromatic carbocycles. The molecule has 3 heterocycles. The number of rotatable bonds is 3. The lowest BCUT2D eigenvalue weighted by Crippen LogP contribution is -2.59. The Morgan fingerprint density at radius 2 is 2.19 bits per heavy atom. The highest BCUT2D eigenvalue weighted by atomic mass is 16.5. The summed E-state index contributed by atoms with van der Waals surface area (Å²) in [6.45, 7) is 6.17. The van der Waals surface area contributed by atoms with E-state index in [4.69, 9.17) is 4.74 Å². The smallest absolute Gasteiger partial charge is 0.0782 e. The second-order valence-corrected chi connectivity index (χ2v) is 6.73. The number of fused-ring (bicyclic) bond motifs is 1. The Hall–Kier alpha value is -0.970. The van der Waals surface area contributed by atoms with Gasteiger partial charge in [0.15, 0.2) is 0 Å². The molecule has 3 rings (SSSR count). The number of pyridine rings is 1. The molecule has 2 aliphatic heterocycles. The van der Waals surface area contributed by atoms with E-state index in [1.165, 1.54) is 18.5 Å². The van der Waals surface area contributed by atoms with E-state index in [0.29, 0.717) is 18.1 Å². The predicted molar refractivity (Wildman–Crippen MR) is 84.2 cm³/mol. The molecule has 0 unspecified atom stereocenters. The summed E-state index contributed by atoms with van der Waals surface area (Å²) in [6, 6.07) is 6.81. The number of nitrogens with zero attached hydrogens (tertiary/aromatic N) is 3. The van der Waals surface area contributed by atoms with Gasteiger partial charge in [-0.05, 0) is 51.9 Å². The lowest BCUT2D eigenvalue weighted by Gasteiger charge is -2.48. The summed E-state index contributed by atoms with van der Waals surface area (Å²) >= 11 is 0. The number of aryl methyl sites for hydroxylation is 1. The monoisotopic (exact) mass is 289 g/mol. The number of hydrogen-bond acceptors (Lipinski definition) is 4. The van der Waals surface area contributed by atoms with Crippen molar-refractivity contribution < 1.29 is 4.74 Å². The highest BCUT2D eigenvalue weighted by Gasteiger charge is 2.40. The van der Waals surface area contributed by atoms with E-state index < -0.39 is 0 Å². The topological polar surface area (TPSA) is 28.6 Å². The van der Waals surface area contributed by atoms with E-state index in [2.05, 4.69) is 54.0 Å². The molecule has 0 radical (unpaired) electrons. The Labute approximate surface area is 128 Å². The van der Waals surface area contributed by atoms with E-state index in [9.17, 15) is 0 Å². The van der Waals surface area contributed by atoms with Gasteiger partial charge in [0, 0.05) is 38.0 Å². The fourth-order valence-electron chi connectivity index (χ4n) is 3.76. The van der Waals surface area contributed by atoms with E-state index in [1.807, 2.05) is 0 Å². The number of hydrogen-bond donors (Lipinski definition) is 0. The van der Waals surface area contributed by atoms with Crippen molar-refractivity contribution in [1.82, 2.24) is 14.8 Å². The fraction of sp³-hybridized carbons (Fsp3) is 0.706. The zero-order valence-electron chi connectivity index (χ0n) is 13.5. The molecule has 0 N–H and O–H groups in total. The van der Waals surface area contributed by atoms with Gasteiger partial charge in [0.2, 0.25) is 0 Å². The highest BCUT2D eigenvalue weighted by molar-refractivity contribution is 5.10. The minimum atomic E-state index is 0.412. The summed E-state index contributed by atoms with van der Waals surface area (Å²) in [6.07, 6.45) is 2.92. The van der Waals surface area contributed by atoms with Gasteiger partial charge in [-0.25, -0.2) is 0 Å². The van der Waals surface area contributed by atoms with Crippen LogP contribution in [0, 0.1) is 12.8 Å². The van der Waals surface area contributed by atoms with Gasteiger partial charge in [0.05, 0.1) is 11.8 Å². The zero-order valence-corrected chi connectivity index (χ0v) is 13.5. The summed E-state index contributed by atoms with van der Waals surface area (Å²) in [5.74, 6) is 0.671. The van der Waals surface area contributed by atoms with Crippen molar-refractivity contribution in [3.05, 3.63) is 29.6 Å². The van der Waals surface area contributed by atoms with Crippen LogP contribution in [0.1, 0.15) is 24.2 Å². The standard InChI is InChI=1S/C17H27N3O/c1-13-6-4-8-15(18-13)11-20-10-14-7-5-9-21-17(14)16(12-20)19(2)3/h4,6,8,14,16-17H,5,7,9-12H2,1-3H3/t14-,16+,17-/m0/s1. The van der Waals surface area contributed by atoms with Crippen LogP contribution >= 0.6 is 0 Å². The van der Waals surface area contributed by atoms with Crippen LogP contribution in [-0.2, 0) is 11.3 Å². The molecule has 4 heteroatoms. The van der Waals surface area contributed by atoms with Crippen LogP contribution in [0.4, 0.5) is 0 Å². The third-order valence-corrected chi connectivity index (χ3v) is 4.81. The Morgan fingerprint density at radius 1 is 1.33 bits per heavy atom. The van der Waals surface area contributed by atoms with Gasteiger partial charge in [-0.3, -0.25) is 9.88 Å². The van der Waals surface area contributed by atoms with Crippen LogP contribution in [0.5, 0.6) is 0 Å². The summed E-state index contributed by atoms with van der Waals surface area (Å²) in [5.41, 5.74) is 2.29. The first kappa shape index (κ1) is 14.9. The summed E-state index contributed by atoms with van der Waals surface area (Å²) in [4.78, 5) is 9.54. The molecular formula is C17H27N3O. The Bertz CT molecular complexity index is 477. The molecule has 21 heavy (non-hydrogen) atoms. The van der Waals surface area contributed by atoms with Crippen LogP contribution in [0.3, 0.4) is 0 Å². The third kappa shape index (κ3) is 3.44. The van der Waals surface area contributed by atoms with Crippen molar-refractivity contribution in [3.8, 4) is 0 Å². The number of piperidine rings is 1. The van der Waals surface area contributed by atoms with Gasteiger partial charge < -0.3 is 9.64 Å². The van der Waals surface area contributed by atoms with Gasteiger partial charge in [-0.15, -0.1) is 0 Å². The lowest BCUT2D eigenvalue weighted by atomic mass is 9.85. The Morgan fingerprint density at radius 3 is 2.95 bits per heavy atom. The van der Waals surface area contributed by atoms with E-state index >= 15 is 0 Å². The van der Waals surface area contributed by atoms with Crippen molar-refractivity contribution in [2.24, 2.45) is 5.92 Å². The molecule has 0 aliphatic carbocycles. The summed E-state index contributed by atoms with van der Waals surface area (Å²) < 4.78 is 6.09. The molecule has 0 amide bonds. The maximum atomic E-state index is 6.09. The fourth-order valence-corrected chi connectivity index (χ4v) is 3.76. The Kier molecular flexibility index (Phi) is 4.57. The maximum Gasteiger partial charge on any atom is 0.0782 e. The molecule has 116 valence electrons. The average molecular weight is 289 g/mol. The van der Waals surface area contributed by atoms with Gasteiger partial charge >= 0.3 is 0 Å². The van der Waals surface area contributed by atoms with E-state index in [-0.39, 0.29) is 0 Å². The largest absolute Gasteiger partial charge is 0.376 e. The van der Waals surface area contributed by atoms with Crippen LogP contribution in [-0.4, -0.2) is 60.7 Å². The maximum absolute atomic E-state index is 6.09. The van der Waals surface area contributed by atoms with Crippen molar-refractivity contribution in [3.63, 3.8) is 0 Å². The normalized spacial score (nSPS) is 30.4. The van der Waals surface area contributed by atoms with Crippen LogP contribution in [0.2, 0.25) is 0 Å². The predicted octanol–water partition coefficient (Wildman–Crippen LogP) is 1.93. The number of ether oxygens (including phenoxy) is 1.